The number of morpholine rings is 1. The van der Waals surface area contributed by atoms with Crippen molar-refractivity contribution in [1.82, 2.24) is 9.03 Å². The minimum atomic E-state index is -3.76. The molecule has 25 heavy (non-hydrogen) atoms. The second-order valence-corrected chi connectivity index (χ2v) is 8.14. The van der Waals surface area contributed by atoms with Gasteiger partial charge in [-0.2, -0.15) is 17.4 Å². The second-order valence-electron chi connectivity index (χ2n) is 6.44. The van der Waals surface area contributed by atoms with Gasteiger partial charge >= 0.3 is 5.97 Å². The Hall–Kier alpha value is -1.48. The molecule has 0 radical (unpaired) electrons. The Morgan fingerprint density at radius 3 is 2.36 bits per heavy atom. The van der Waals surface area contributed by atoms with Crippen molar-refractivity contribution in [3.8, 4) is 0 Å². The molecule has 1 aromatic rings. The molecule has 0 unspecified atom stereocenters. The summed E-state index contributed by atoms with van der Waals surface area (Å²) in [5, 5.41) is 0. The number of methoxy groups -OCH3 is 1. The molecule has 0 aromatic heterocycles. The number of hydrogen-bond acceptors (Lipinski definition) is 5. The first-order chi connectivity index (χ1) is 11.7. The largest absolute Gasteiger partial charge is 0.469 e. The zero-order valence-corrected chi connectivity index (χ0v) is 15.9. The summed E-state index contributed by atoms with van der Waals surface area (Å²) in [4.78, 5) is 11.7. The third-order valence-corrected chi connectivity index (χ3v) is 5.66. The number of esters is 1. The average molecular weight is 370 g/mol. The van der Waals surface area contributed by atoms with Crippen LogP contribution in [0.1, 0.15) is 37.4 Å². The SMILES string of the molecule is COC(=O)C[C@H](NS(=O)(=O)N1C[C@H](C)O[C@@H](C)C1)c1ccc(C)cc1. The van der Waals surface area contributed by atoms with Crippen LogP contribution >= 0.6 is 0 Å². The van der Waals surface area contributed by atoms with Gasteiger partial charge in [0.15, 0.2) is 0 Å². The minimum absolute atomic E-state index is 0.0752. The van der Waals surface area contributed by atoms with Crippen molar-refractivity contribution in [2.45, 2.75) is 45.4 Å². The Labute approximate surface area is 149 Å². The van der Waals surface area contributed by atoms with E-state index in [2.05, 4.69) is 4.72 Å². The van der Waals surface area contributed by atoms with Gasteiger partial charge in [-0.05, 0) is 26.3 Å². The predicted molar refractivity (Wildman–Crippen MR) is 94.2 cm³/mol. The Morgan fingerprint density at radius 2 is 1.84 bits per heavy atom. The number of rotatable bonds is 6. The summed E-state index contributed by atoms with van der Waals surface area (Å²) in [6.07, 6.45) is -0.439. The van der Waals surface area contributed by atoms with Crippen molar-refractivity contribution in [3.63, 3.8) is 0 Å². The molecule has 0 amide bonds. The molecule has 1 saturated heterocycles. The van der Waals surface area contributed by atoms with E-state index in [4.69, 9.17) is 9.47 Å². The molecule has 1 N–H and O–H groups in total. The molecule has 1 aliphatic rings. The van der Waals surface area contributed by atoms with E-state index in [1.807, 2.05) is 45.0 Å². The number of nitrogens with one attached hydrogen (secondary N) is 1. The number of benzene rings is 1. The van der Waals surface area contributed by atoms with Crippen LogP contribution in [0.4, 0.5) is 0 Å². The maximum absolute atomic E-state index is 12.8. The highest BCUT2D eigenvalue weighted by molar-refractivity contribution is 7.87. The Kier molecular flexibility index (Phi) is 6.56. The van der Waals surface area contributed by atoms with Crippen LogP contribution in [0.3, 0.4) is 0 Å². The van der Waals surface area contributed by atoms with Crippen molar-refractivity contribution >= 4 is 16.2 Å². The van der Waals surface area contributed by atoms with Crippen LogP contribution in [0.2, 0.25) is 0 Å². The van der Waals surface area contributed by atoms with Crippen molar-refractivity contribution < 1.29 is 22.7 Å². The first-order valence-corrected chi connectivity index (χ1v) is 9.71. The van der Waals surface area contributed by atoms with Gasteiger partial charge in [-0.3, -0.25) is 4.79 Å². The third kappa shape index (κ3) is 5.50. The van der Waals surface area contributed by atoms with E-state index in [1.165, 1.54) is 11.4 Å². The molecule has 1 fully saturated rings. The van der Waals surface area contributed by atoms with Gasteiger partial charge in [0.25, 0.3) is 10.2 Å². The summed E-state index contributed by atoms with van der Waals surface area (Å²) < 4.78 is 39.9. The van der Waals surface area contributed by atoms with E-state index >= 15 is 0 Å². The van der Waals surface area contributed by atoms with Gasteiger partial charge in [-0.15, -0.1) is 0 Å². The summed E-state index contributed by atoms with van der Waals surface area (Å²) in [7, 11) is -2.48. The fourth-order valence-corrected chi connectivity index (χ4v) is 4.40. The molecule has 0 bridgehead atoms. The highest BCUT2D eigenvalue weighted by Crippen LogP contribution is 2.22. The van der Waals surface area contributed by atoms with Crippen LogP contribution in [-0.2, 0) is 24.5 Å². The lowest BCUT2D eigenvalue weighted by atomic mass is 10.0. The predicted octanol–water partition coefficient (Wildman–Crippen LogP) is 1.54. The van der Waals surface area contributed by atoms with Crippen LogP contribution in [0.25, 0.3) is 0 Å². The van der Waals surface area contributed by atoms with Crippen molar-refractivity contribution in [3.05, 3.63) is 35.4 Å². The Balaban J connectivity index is 2.22. The van der Waals surface area contributed by atoms with Crippen molar-refractivity contribution in [2.75, 3.05) is 20.2 Å². The number of carbonyl (C=O) groups is 1. The van der Waals surface area contributed by atoms with E-state index in [9.17, 15) is 13.2 Å². The van der Waals surface area contributed by atoms with E-state index < -0.39 is 22.2 Å². The number of hydrogen-bond donors (Lipinski definition) is 1. The average Bonchev–Trinajstić information content (AvgIpc) is 2.53. The lowest BCUT2D eigenvalue weighted by molar-refractivity contribution is -0.141. The first-order valence-electron chi connectivity index (χ1n) is 8.27. The minimum Gasteiger partial charge on any atom is -0.469 e. The lowest BCUT2D eigenvalue weighted by Gasteiger charge is -2.35. The summed E-state index contributed by atoms with van der Waals surface area (Å²) in [5.74, 6) is -0.475. The number of ether oxygens (including phenoxy) is 2. The van der Waals surface area contributed by atoms with Gasteiger partial charge in [0, 0.05) is 13.1 Å². The van der Waals surface area contributed by atoms with Crippen LogP contribution < -0.4 is 4.72 Å². The quantitative estimate of drug-likeness (QED) is 0.768. The van der Waals surface area contributed by atoms with Crippen LogP contribution in [0.15, 0.2) is 24.3 Å². The molecule has 0 spiro atoms. The molecule has 0 aliphatic carbocycles. The smallest absolute Gasteiger partial charge is 0.307 e. The Bertz CT molecular complexity index is 679. The maximum atomic E-state index is 12.8. The molecular weight excluding hydrogens is 344 g/mol. The summed E-state index contributed by atoms with van der Waals surface area (Å²) >= 11 is 0. The third-order valence-electron chi connectivity index (χ3n) is 4.10. The van der Waals surface area contributed by atoms with Gasteiger partial charge in [0.2, 0.25) is 0 Å². The van der Waals surface area contributed by atoms with Gasteiger partial charge in [0.1, 0.15) is 0 Å². The standard InChI is InChI=1S/C17H26N2O5S/c1-12-5-7-15(8-6-12)16(9-17(20)23-4)18-25(21,22)19-10-13(2)24-14(3)11-19/h5-8,13-14,16,18H,9-11H2,1-4H3/t13-,14-,16-/m0/s1. The van der Waals surface area contributed by atoms with Gasteiger partial charge in [-0.25, -0.2) is 0 Å². The Morgan fingerprint density at radius 1 is 1.28 bits per heavy atom. The van der Waals surface area contributed by atoms with Gasteiger partial charge in [-0.1, -0.05) is 29.8 Å². The molecule has 0 saturated carbocycles. The molecule has 140 valence electrons. The zero-order valence-electron chi connectivity index (χ0n) is 15.1. The summed E-state index contributed by atoms with van der Waals surface area (Å²) in [5.41, 5.74) is 1.77. The molecular formula is C17H26N2O5S. The molecule has 8 heteroatoms. The van der Waals surface area contributed by atoms with Crippen LogP contribution in [0, 0.1) is 6.92 Å². The monoisotopic (exact) mass is 370 g/mol. The highest BCUT2D eigenvalue weighted by atomic mass is 32.2. The van der Waals surface area contributed by atoms with Crippen LogP contribution in [0.5, 0.6) is 0 Å². The highest BCUT2D eigenvalue weighted by Gasteiger charge is 2.33. The number of carbonyl (C=O) groups excluding carboxylic acids is 1. The fourth-order valence-electron chi connectivity index (χ4n) is 2.86. The first kappa shape index (κ1) is 19.8. The molecule has 1 heterocycles. The maximum Gasteiger partial charge on any atom is 0.307 e. The molecule has 1 aromatic carbocycles. The van der Waals surface area contributed by atoms with Gasteiger partial charge < -0.3 is 9.47 Å². The number of nitrogens with zero attached hydrogens (tertiary/aromatic N) is 1. The van der Waals surface area contributed by atoms with Crippen LogP contribution in [-0.4, -0.2) is 51.1 Å². The molecule has 2 rings (SSSR count). The molecule has 1 aliphatic heterocycles. The van der Waals surface area contributed by atoms with E-state index in [1.54, 1.807) is 0 Å². The molecule has 7 nitrogen and oxygen atoms in total. The van der Waals surface area contributed by atoms with Gasteiger partial charge in [0.05, 0.1) is 31.8 Å². The lowest BCUT2D eigenvalue weighted by Crippen LogP contribution is -2.52. The van der Waals surface area contributed by atoms with E-state index in [-0.39, 0.29) is 31.7 Å². The summed E-state index contributed by atoms with van der Waals surface area (Å²) in [6, 6.07) is 6.71. The van der Waals surface area contributed by atoms with Crippen molar-refractivity contribution in [1.29, 1.82) is 0 Å². The number of aryl methyl sites for hydroxylation is 1. The normalized spacial score (nSPS) is 23.2. The van der Waals surface area contributed by atoms with E-state index in [0.29, 0.717) is 5.56 Å². The topological polar surface area (TPSA) is 84.9 Å². The van der Waals surface area contributed by atoms with Crippen molar-refractivity contribution in [2.24, 2.45) is 0 Å². The van der Waals surface area contributed by atoms with E-state index in [0.717, 1.165) is 5.56 Å². The summed E-state index contributed by atoms with van der Waals surface area (Å²) in [6.45, 7) is 6.17. The second kappa shape index (κ2) is 8.27. The zero-order chi connectivity index (χ0) is 18.6. The molecule has 3 atom stereocenters. The fraction of sp³-hybridized carbons (Fsp3) is 0.588.